The largest absolute Gasteiger partial charge is 0.478 e. The molecule has 0 rings (SSSR count). The van der Waals surface area contributed by atoms with Crippen molar-refractivity contribution < 1.29 is 9.90 Å². The van der Waals surface area contributed by atoms with Gasteiger partial charge in [-0.1, -0.05) is 13.5 Å². The maximum absolute atomic E-state index is 10.4. The van der Waals surface area contributed by atoms with Gasteiger partial charge in [0.15, 0.2) is 0 Å². The Bertz CT molecular complexity index is 178. The average Bonchev–Trinajstić information content (AvgIpc) is 2.10. The van der Waals surface area contributed by atoms with E-state index in [4.69, 9.17) is 5.11 Å². The molecule has 3 heteroatoms. The van der Waals surface area contributed by atoms with E-state index in [9.17, 15) is 4.79 Å². The number of carboxylic acid groups (broad SMARTS) is 1. The number of nitrogens with one attached hydrogen (secondary N) is 1. The van der Waals surface area contributed by atoms with Gasteiger partial charge in [0.1, 0.15) is 0 Å². The third-order valence-corrected chi connectivity index (χ3v) is 1.92. The zero-order valence-electron chi connectivity index (χ0n) is 8.47. The van der Waals surface area contributed by atoms with Crippen LogP contribution >= 0.6 is 0 Å². The van der Waals surface area contributed by atoms with Crippen LogP contribution in [0.15, 0.2) is 12.2 Å². The minimum atomic E-state index is -0.886. The van der Waals surface area contributed by atoms with Crippen molar-refractivity contribution in [3.05, 3.63) is 12.2 Å². The molecule has 0 bridgehead atoms. The Labute approximate surface area is 79.8 Å². The molecular formula is C10H19NO2. The summed E-state index contributed by atoms with van der Waals surface area (Å²) in [5, 5.41) is 11.8. The third kappa shape index (κ3) is 6.34. The Balaban J connectivity index is 3.51. The molecule has 0 aromatic carbocycles. The van der Waals surface area contributed by atoms with Crippen LogP contribution in [0, 0.1) is 0 Å². The van der Waals surface area contributed by atoms with E-state index in [1.54, 1.807) is 0 Å². The van der Waals surface area contributed by atoms with Crippen LogP contribution in [0.3, 0.4) is 0 Å². The summed E-state index contributed by atoms with van der Waals surface area (Å²) < 4.78 is 0. The molecule has 0 amide bonds. The highest BCUT2D eigenvalue weighted by atomic mass is 16.4. The Morgan fingerprint density at radius 1 is 1.62 bits per heavy atom. The summed E-state index contributed by atoms with van der Waals surface area (Å²) in [7, 11) is 0. The molecule has 0 aliphatic heterocycles. The predicted octanol–water partition coefficient (Wildman–Crippen LogP) is 1.80. The molecule has 0 aliphatic rings. The first kappa shape index (κ1) is 12.2. The average molecular weight is 185 g/mol. The molecular weight excluding hydrogens is 166 g/mol. The highest BCUT2D eigenvalue weighted by Gasteiger charge is 2.06. The second-order valence-corrected chi connectivity index (χ2v) is 3.30. The smallest absolute Gasteiger partial charge is 0.330 e. The lowest BCUT2D eigenvalue weighted by atomic mass is 10.1. The summed E-state index contributed by atoms with van der Waals surface area (Å²) in [5.74, 6) is -0.886. The summed E-state index contributed by atoms with van der Waals surface area (Å²) in [4.78, 5) is 10.4. The normalized spacial score (nSPS) is 12.5. The molecule has 1 unspecified atom stereocenters. The monoisotopic (exact) mass is 185 g/mol. The Morgan fingerprint density at radius 2 is 2.23 bits per heavy atom. The van der Waals surface area contributed by atoms with Gasteiger partial charge in [0.25, 0.3) is 0 Å². The molecule has 76 valence electrons. The lowest BCUT2D eigenvalue weighted by Gasteiger charge is -2.12. The van der Waals surface area contributed by atoms with Crippen molar-refractivity contribution in [2.45, 2.75) is 39.2 Å². The van der Waals surface area contributed by atoms with E-state index in [0.717, 1.165) is 19.4 Å². The standard InChI is InChI=1S/C10H19NO2/c1-4-7-11-9(3)6-5-8(2)10(12)13/h9,11H,2,4-7H2,1,3H3,(H,12,13). The summed E-state index contributed by atoms with van der Waals surface area (Å²) in [5.41, 5.74) is 0.296. The van der Waals surface area contributed by atoms with E-state index in [-0.39, 0.29) is 0 Å². The van der Waals surface area contributed by atoms with Crippen molar-refractivity contribution in [3.8, 4) is 0 Å². The van der Waals surface area contributed by atoms with E-state index >= 15 is 0 Å². The fourth-order valence-corrected chi connectivity index (χ4v) is 0.990. The first-order chi connectivity index (χ1) is 6.07. The number of hydrogen-bond acceptors (Lipinski definition) is 2. The number of carbonyl (C=O) groups is 1. The second kappa shape index (κ2) is 6.66. The first-order valence-corrected chi connectivity index (χ1v) is 4.72. The van der Waals surface area contributed by atoms with Gasteiger partial charge in [-0.2, -0.15) is 0 Å². The molecule has 0 fully saturated rings. The van der Waals surface area contributed by atoms with Crippen molar-refractivity contribution in [3.63, 3.8) is 0 Å². The van der Waals surface area contributed by atoms with Crippen molar-refractivity contribution in [2.24, 2.45) is 0 Å². The van der Waals surface area contributed by atoms with Crippen LogP contribution in [0.2, 0.25) is 0 Å². The third-order valence-electron chi connectivity index (χ3n) is 1.92. The van der Waals surface area contributed by atoms with E-state index in [2.05, 4.69) is 25.7 Å². The highest BCUT2D eigenvalue weighted by Crippen LogP contribution is 2.05. The van der Waals surface area contributed by atoms with E-state index < -0.39 is 5.97 Å². The van der Waals surface area contributed by atoms with Crippen LogP contribution in [0.1, 0.15) is 33.1 Å². The minimum absolute atomic E-state index is 0.296. The van der Waals surface area contributed by atoms with Gasteiger partial charge in [-0.25, -0.2) is 4.79 Å². The lowest BCUT2D eigenvalue weighted by Crippen LogP contribution is -2.26. The summed E-state index contributed by atoms with van der Waals surface area (Å²) in [6.07, 6.45) is 2.50. The number of rotatable bonds is 7. The second-order valence-electron chi connectivity index (χ2n) is 3.30. The van der Waals surface area contributed by atoms with Gasteiger partial charge in [0.2, 0.25) is 0 Å². The van der Waals surface area contributed by atoms with Gasteiger partial charge in [-0.05, 0) is 32.7 Å². The van der Waals surface area contributed by atoms with E-state index in [1.165, 1.54) is 0 Å². The van der Waals surface area contributed by atoms with Gasteiger partial charge >= 0.3 is 5.97 Å². The van der Waals surface area contributed by atoms with Crippen LogP contribution in [-0.4, -0.2) is 23.7 Å². The van der Waals surface area contributed by atoms with Gasteiger partial charge in [-0.15, -0.1) is 0 Å². The Hall–Kier alpha value is -0.830. The van der Waals surface area contributed by atoms with Crippen LogP contribution in [0.5, 0.6) is 0 Å². The van der Waals surface area contributed by atoms with Crippen LogP contribution in [-0.2, 0) is 4.79 Å². The molecule has 13 heavy (non-hydrogen) atoms. The number of hydrogen-bond donors (Lipinski definition) is 2. The zero-order valence-corrected chi connectivity index (χ0v) is 8.47. The fraction of sp³-hybridized carbons (Fsp3) is 0.700. The van der Waals surface area contributed by atoms with Gasteiger partial charge < -0.3 is 10.4 Å². The highest BCUT2D eigenvalue weighted by molar-refractivity contribution is 5.85. The van der Waals surface area contributed by atoms with E-state index in [0.29, 0.717) is 18.0 Å². The van der Waals surface area contributed by atoms with Crippen LogP contribution in [0.4, 0.5) is 0 Å². The Morgan fingerprint density at radius 3 is 2.69 bits per heavy atom. The van der Waals surface area contributed by atoms with Gasteiger partial charge in [0, 0.05) is 11.6 Å². The SMILES string of the molecule is C=C(CCC(C)NCCC)C(=O)O. The minimum Gasteiger partial charge on any atom is -0.478 e. The lowest BCUT2D eigenvalue weighted by molar-refractivity contribution is -0.132. The molecule has 0 saturated heterocycles. The maximum Gasteiger partial charge on any atom is 0.330 e. The molecule has 1 atom stereocenters. The Kier molecular flexibility index (Phi) is 6.24. The molecule has 0 aromatic rings. The summed E-state index contributed by atoms with van der Waals surface area (Å²) in [6.45, 7) is 8.63. The quantitative estimate of drug-likeness (QED) is 0.594. The van der Waals surface area contributed by atoms with Crippen LogP contribution < -0.4 is 5.32 Å². The number of carboxylic acids is 1. The van der Waals surface area contributed by atoms with Crippen molar-refractivity contribution in [2.75, 3.05) is 6.54 Å². The maximum atomic E-state index is 10.4. The van der Waals surface area contributed by atoms with Gasteiger partial charge in [-0.3, -0.25) is 0 Å². The van der Waals surface area contributed by atoms with Crippen molar-refractivity contribution in [1.82, 2.24) is 5.32 Å². The molecule has 0 heterocycles. The fourth-order valence-electron chi connectivity index (χ4n) is 0.990. The molecule has 0 aromatic heterocycles. The molecule has 3 nitrogen and oxygen atoms in total. The predicted molar refractivity (Wildman–Crippen MR) is 53.8 cm³/mol. The zero-order chi connectivity index (χ0) is 10.3. The molecule has 0 saturated carbocycles. The first-order valence-electron chi connectivity index (χ1n) is 4.72. The topological polar surface area (TPSA) is 49.3 Å². The molecule has 0 spiro atoms. The van der Waals surface area contributed by atoms with Crippen molar-refractivity contribution >= 4 is 5.97 Å². The molecule has 0 radical (unpaired) electrons. The van der Waals surface area contributed by atoms with Gasteiger partial charge in [0.05, 0.1) is 0 Å². The summed E-state index contributed by atoms with van der Waals surface area (Å²) >= 11 is 0. The molecule has 2 N–H and O–H groups in total. The summed E-state index contributed by atoms with van der Waals surface area (Å²) in [6, 6.07) is 0.371. The van der Waals surface area contributed by atoms with Crippen molar-refractivity contribution in [1.29, 1.82) is 0 Å². The van der Waals surface area contributed by atoms with E-state index in [1.807, 2.05) is 0 Å². The number of aliphatic carboxylic acids is 1. The van der Waals surface area contributed by atoms with Crippen LogP contribution in [0.25, 0.3) is 0 Å². The molecule has 0 aliphatic carbocycles.